The van der Waals surface area contributed by atoms with Gasteiger partial charge in [-0.25, -0.2) is 0 Å². The highest BCUT2D eigenvalue weighted by molar-refractivity contribution is 7.13. The summed E-state index contributed by atoms with van der Waals surface area (Å²) < 4.78 is 5.56. The zero-order valence-electron chi connectivity index (χ0n) is 9.10. The molecule has 0 aliphatic heterocycles. The highest BCUT2D eigenvalue weighted by Gasteiger charge is 2.05. The normalized spacial score (nSPS) is 10.4. The third kappa shape index (κ3) is 2.56. The van der Waals surface area contributed by atoms with E-state index in [1.54, 1.807) is 0 Å². The van der Waals surface area contributed by atoms with Crippen LogP contribution in [0.4, 0.5) is 0 Å². The Hall–Kier alpha value is -1.46. The number of benzene rings is 1. The van der Waals surface area contributed by atoms with E-state index in [1.807, 2.05) is 26.0 Å². The van der Waals surface area contributed by atoms with Gasteiger partial charge in [-0.3, -0.25) is 0 Å². The zero-order chi connectivity index (χ0) is 11.5. The fourth-order valence-corrected chi connectivity index (χ4v) is 2.00. The van der Waals surface area contributed by atoms with Gasteiger partial charge >= 0.3 is 0 Å². The SMILES string of the molecule is Cc1cc(C)cc(Oc2nnc(CO)s2)c1. The summed E-state index contributed by atoms with van der Waals surface area (Å²) in [6.07, 6.45) is 0. The van der Waals surface area contributed by atoms with Gasteiger partial charge in [-0.05, 0) is 37.1 Å². The van der Waals surface area contributed by atoms with Crippen LogP contribution in [0.25, 0.3) is 0 Å². The van der Waals surface area contributed by atoms with Crippen molar-refractivity contribution in [2.24, 2.45) is 0 Å². The fourth-order valence-electron chi connectivity index (χ4n) is 1.44. The van der Waals surface area contributed by atoms with Crippen LogP contribution in [0.3, 0.4) is 0 Å². The lowest BCUT2D eigenvalue weighted by Gasteiger charge is -2.03. The lowest BCUT2D eigenvalue weighted by atomic mass is 10.1. The van der Waals surface area contributed by atoms with E-state index in [2.05, 4.69) is 16.3 Å². The van der Waals surface area contributed by atoms with E-state index in [-0.39, 0.29) is 6.61 Å². The van der Waals surface area contributed by atoms with Crippen LogP contribution in [-0.4, -0.2) is 15.3 Å². The third-order valence-corrected chi connectivity index (χ3v) is 2.77. The molecule has 0 saturated heterocycles. The number of rotatable bonds is 3. The molecule has 1 aromatic heterocycles. The minimum Gasteiger partial charge on any atom is -0.430 e. The molecule has 1 heterocycles. The first-order valence-corrected chi connectivity index (χ1v) is 5.68. The summed E-state index contributed by atoms with van der Waals surface area (Å²) in [4.78, 5) is 0. The van der Waals surface area contributed by atoms with Gasteiger partial charge in [0.1, 0.15) is 10.8 Å². The number of nitrogens with zero attached hydrogens (tertiary/aromatic N) is 2. The predicted molar refractivity (Wildman–Crippen MR) is 61.8 cm³/mol. The molecule has 0 fully saturated rings. The van der Waals surface area contributed by atoms with Crippen LogP contribution in [0.1, 0.15) is 16.1 Å². The van der Waals surface area contributed by atoms with Gasteiger partial charge in [0.15, 0.2) is 0 Å². The molecule has 2 aromatic rings. The molecule has 0 atom stereocenters. The molecule has 0 amide bonds. The summed E-state index contributed by atoms with van der Waals surface area (Å²) in [5.74, 6) is 0.748. The monoisotopic (exact) mass is 236 g/mol. The summed E-state index contributed by atoms with van der Waals surface area (Å²) in [6, 6.07) is 5.95. The quantitative estimate of drug-likeness (QED) is 0.889. The molecule has 5 heteroatoms. The summed E-state index contributed by atoms with van der Waals surface area (Å²) in [7, 11) is 0. The third-order valence-electron chi connectivity index (χ3n) is 1.98. The second-order valence-corrected chi connectivity index (χ2v) is 4.57. The van der Waals surface area contributed by atoms with E-state index in [0.717, 1.165) is 16.9 Å². The molecule has 0 radical (unpaired) electrons. The first-order valence-electron chi connectivity index (χ1n) is 4.87. The van der Waals surface area contributed by atoms with Gasteiger partial charge in [0, 0.05) is 0 Å². The smallest absolute Gasteiger partial charge is 0.299 e. The van der Waals surface area contributed by atoms with Crippen molar-refractivity contribution in [3.05, 3.63) is 34.3 Å². The topological polar surface area (TPSA) is 55.2 Å². The van der Waals surface area contributed by atoms with E-state index in [9.17, 15) is 0 Å². The number of aliphatic hydroxyl groups excluding tert-OH is 1. The Kier molecular flexibility index (Phi) is 3.17. The molecule has 1 N–H and O–H groups in total. The number of aliphatic hydroxyl groups is 1. The van der Waals surface area contributed by atoms with E-state index >= 15 is 0 Å². The average molecular weight is 236 g/mol. The molecule has 1 aromatic carbocycles. The Labute approximate surface area is 97.5 Å². The van der Waals surface area contributed by atoms with E-state index in [1.165, 1.54) is 11.3 Å². The first-order chi connectivity index (χ1) is 7.67. The molecule has 0 aliphatic carbocycles. The van der Waals surface area contributed by atoms with Crippen molar-refractivity contribution in [2.45, 2.75) is 20.5 Å². The van der Waals surface area contributed by atoms with Crippen LogP contribution >= 0.6 is 11.3 Å². The summed E-state index contributed by atoms with van der Waals surface area (Å²) in [5.41, 5.74) is 2.28. The van der Waals surface area contributed by atoms with Crippen molar-refractivity contribution >= 4 is 11.3 Å². The van der Waals surface area contributed by atoms with Gasteiger partial charge < -0.3 is 9.84 Å². The lowest BCUT2D eigenvalue weighted by molar-refractivity contribution is 0.280. The summed E-state index contributed by atoms with van der Waals surface area (Å²) >= 11 is 1.24. The van der Waals surface area contributed by atoms with Gasteiger partial charge in [-0.15, -0.1) is 5.10 Å². The van der Waals surface area contributed by atoms with Crippen LogP contribution in [0, 0.1) is 13.8 Å². The van der Waals surface area contributed by atoms with Gasteiger partial charge in [0.25, 0.3) is 5.19 Å². The predicted octanol–water partition coefficient (Wildman–Crippen LogP) is 2.44. The van der Waals surface area contributed by atoms with Crippen molar-refractivity contribution < 1.29 is 9.84 Å². The van der Waals surface area contributed by atoms with Crippen molar-refractivity contribution in [2.75, 3.05) is 0 Å². The molecule has 0 saturated carbocycles. The Morgan fingerprint density at radius 1 is 1.19 bits per heavy atom. The van der Waals surface area contributed by atoms with Gasteiger partial charge in [0.2, 0.25) is 0 Å². The van der Waals surface area contributed by atoms with Gasteiger partial charge in [-0.2, -0.15) is 0 Å². The standard InChI is InChI=1S/C11H12N2O2S/c1-7-3-8(2)5-9(4-7)15-11-13-12-10(6-14)16-11/h3-5,14H,6H2,1-2H3. The van der Waals surface area contributed by atoms with Crippen LogP contribution in [0.2, 0.25) is 0 Å². The van der Waals surface area contributed by atoms with Crippen LogP contribution in [-0.2, 0) is 6.61 Å². The Bertz CT molecular complexity index is 476. The molecule has 4 nitrogen and oxygen atoms in total. The van der Waals surface area contributed by atoms with Crippen LogP contribution in [0.15, 0.2) is 18.2 Å². The van der Waals surface area contributed by atoms with E-state index in [4.69, 9.17) is 9.84 Å². The molecule has 0 aliphatic rings. The fraction of sp³-hybridized carbons (Fsp3) is 0.273. The van der Waals surface area contributed by atoms with Crippen molar-refractivity contribution in [1.82, 2.24) is 10.2 Å². The van der Waals surface area contributed by atoms with Crippen LogP contribution < -0.4 is 4.74 Å². The minimum atomic E-state index is -0.103. The van der Waals surface area contributed by atoms with Gasteiger partial charge in [-0.1, -0.05) is 22.5 Å². The largest absolute Gasteiger partial charge is 0.430 e. The maximum Gasteiger partial charge on any atom is 0.299 e. The number of hydrogen-bond donors (Lipinski definition) is 1. The van der Waals surface area contributed by atoms with Crippen molar-refractivity contribution in [3.8, 4) is 10.9 Å². The highest BCUT2D eigenvalue weighted by atomic mass is 32.1. The first kappa shape index (κ1) is 11.0. The summed E-state index contributed by atoms with van der Waals surface area (Å²) in [6.45, 7) is 3.92. The molecule has 16 heavy (non-hydrogen) atoms. The molecule has 2 rings (SSSR count). The van der Waals surface area contributed by atoms with Crippen molar-refractivity contribution in [3.63, 3.8) is 0 Å². The Morgan fingerprint density at radius 3 is 2.44 bits per heavy atom. The van der Waals surface area contributed by atoms with E-state index in [0.29, 0.717) is 10.2 Å². The number of aromatic nitrogens is 2. The Balaban J connectivity index is 2.19. The molecule has 0 spiro atoms. The van der Waals surface area contributed by atoms with E-state index < -0.39 is 0 Å². The average Bonchev–Trinajstić information content (AvgIpc) is 2.64. The maximum absolute atomic E-state index is 8.86. The van der Waals surface area contributed by atoms with Crippen molar-refractivity contribution in [1.29, 1.82) is 0 Å². The summed E-state index contributed by atoms with van der Waals surface area (Å²) in [5, 5.41) is 17.5. The lowest BCUT2D eigenvalue weighted by Crippen LogP contribution is -1.86. The van der Waals surface area contributed by atoms with Gasteiger partial charge in [0.05, 0.1) is 6.61 Å². The minimum absolute atomic E-state index is 0.103. The number of ether oxygens (including phenoxy) is 1. The second kappa shape index (κ2) is 4.59. The number of hydrogen-bond acceptors (Lipinski definition) is 5. The molecular formula is C11H12N2O2S. The second-order valence-electron chi connectivity index (χ2n) is 3.55. The highest BCUT2D eigenvalue weighted by Crippen LogP contribution is 2.26. The number of aryl methyl sites for hydroxylation is 2. The van der Waals surface area contributed by atoms with Crippen LogP contribution in [0.5, 0.6) is 10.9 Å². The molecule has 0 bridgehead atoms. The zero-order valence-corrected chi connectivity index (χ0v) is 9.91. The molecule has 84 valence electrons. The molecular weight excluding hydrogens is 224 g/mol. The molecule has 0 unspecified atom stereocenters. The Morgan fingerprint density at radius 2 is 1.88 bits per heavy atom. The maximum atomic E-state index is 8.86.